The smallest absolute Gasteiger partial charge is 0.316 e. The molecule has 3 nitrogen and oxygen atoms in total. The van der Waals surface area contributed by atoms with Crippen LogP contribution in [-0.2, 0) is 9.53 Å². The number of ether oxygens (including phenoxy) is 1. The number of hydrogen-bond donors (Lipinski definition) is 1. The van der Waals surface area contributed by atoms with Gasteiger partial charge in [0.05, 0.1) is 5.60 Å². The van der Waals surface area contributed by atoms with Crippen LogP contribution in [0.5, 0.6) is 0 Å². The first kappa shape index (κ1) is 26.7. The molecule has 1 N–H and O–H groups in total. The summed E-state index contributed by atoms with van der Waals surface area (Å²) < 4.78 is 5.59. The Balaban J connectivity index is 1.67. The monoisotopic (exact) mass is 522 g/mol. The molecule has 0 aromatic heterocycles. The van der Waals surface area contributed by atoms with E-state index >= 15 is 0 Å². The highest BCUT2D eigenvalue weighted by Gasteiger charge is 2.50. The summed E-state index contributed by atoms with van der Waals surface area (Å²) in [5, 5.41) is 10.3. The molecule has 3 saturated carbocycles. The molecule has 0 unspecified atom stereocenters. The summed E-state index contributed by atoms with van der Waals surface area (Å²) in [4.78, 5) is 11.7. The second-order valence-electron chi connectivity index (χ2n) is 11.8. The number of aliphatic hydroxyl groups is 1. The zero-order valence-corrected chi connectivity index (χ0v) is 22.9. The van der Waals surface area contributed by atoms with Gasteiger partial charge in [-0.25, -0.2) is 0 Å². The van der Waals surface area contributed by atoms with E-state index in [0.717, 1.165) is 38.0 Å². The van der Waals surface area contributed by atoms with Gasteiger partial charge in [0.1, 0.15) is 11.4 Å². The number of halogens is 1. The fourth-order valence-electron chi connectivity index (χ4n) is 6.97. The van der Waals surface area contributed by atoms with Crippen LogP contribution in [0.4, 0.5) is 0 Å². The van der Waals surface area contributed by atoms with Crippen molar-refractivity contribution >= 4 is 21.9 Å². The van der Waals surface area contributed by atoms with Crippen LogP contribution in [-0.4, -0.2) is 28.1 Å². The highest BCUT2D eigenvalue weighted by Crippen LogP contribution is 2.60. The molecule has 5 atom stereocenters. The second-order valence-corrected chi connectivity index (χ2v) is 12.4. The third-order valence-corrected chi connectivity index (χ3v) is 9.21. The Labute approximate surface area is 210 Å². The molecule has 3 fully saturated rings. The van der Waals surface area contributed by atoms with Crippen LogP contribution in [0.3, 0.4) is 0 Å². The molecule has 0 amide bonds. The van der Waals surface area contributed by atoms with Crippen LogP contribution in [0.2, 0.25) is 0 Å². The largest absolute Gasteiger partial charge is 0.461 e. The fourth-order valence-corrected chi connectivity index (χ4v) is 7.10. The SMILES string of the molecule is C=C1CC[C@H](O[14C](=O)CBr)C/C1=C/C=C1\CCC[C@]2(C)[C@@H]([C@H](C)CCCC(C)(C)O)CC[C@@H]12. The third kappa shape index (κ3) is 6.84. The number of carbonyl (C=O) groups excluding carboxylic acids is 1. The molecule has 3 rings (SSSR count). The van der Waals surface area contributed by atoms with Gasteiger partial charge in [0.15, 0.2) is 0 Å². The van der Waals surface area contributed by atoms with Crippen molar-refractivity contribution in [2.75, 3.05) is 5.33 Å². The average molecular weight is 524 g/mol. The van der Waals surface area contributed by atoms with Crippen molar-refractivity contribution in [3.8, 4) is 0 Å². The molecule has 0 aromatic rings. The first-order valence-corrected chi connectivity index (χ1v) is 14.2. The van der Waals surface area contributed by atoms with E-state index in [1.54, 1.807) is 5.57 Å². The van der Waals surface area contributed by atoms with E-state index in [1.165, 1.54) is 49.7 Å². The first-order valence-electron chi connectivity index (χ1n) is 13.1. The first-order chi connectivity index (χ1) is 15.5. The summed E-state index contributed by atoms with van der Waals surface area (Å²) >= 11 is 3.19. The molecule has 0 radical (unpaired) electrons. The summed E-state index contributed by atoms with van der Waals surface area (Å²) in [7, 11) is 0. The highest BCUT2D eigenvalue weighted by atomic mass is 79.9. The Morgan fingerprint density at radius 1 is 1.30 bits per heavy atom. The molecule has 0 heterocycles. The van der Waals surface area contributed by atoms with Crippen molar-refractivity contribution in [2.24, 2.45) is 23.2 Å². The predicted octanol–water partition coefficient (Wildman–Crippen LogP) is 7.68. The van der Waals surface area contributed by atoms with Crippen molar-refractivity contribution in [1.82, 2.24) is 0 Å². The number of allylic oxidation sites excluding steroid dienone is 4. The minimum atomic E-state index is -0.551. The normalized spacial score (nSPS) is 33.9. The molecule has 3 aliphatic carbocycles. The summed E-state index contributed by atoms with van der Waals surface area (Å²) in [5.74, 6) is 1.99. The van der Waals surface area contributed by atoms with Gasteiger partial charge in [-0.1, -0.05) is 72.5 Å². The van der Waals surface area contributed by atoms with Gasteiger partial charge in [-0.15, -0.1) is 0 Å². The summed E-state index contributed by atoms with van der Waals surface area (Å²) in [6, 6.07) is 0. The molecule has 0 spiro atoms. The number of alkyl halides is 1. The lowest BCUT2D eigenvalue weighted by atomic mass is 9.60. The van der Waals surface area contributed by atoms with Crippen molar-refractivity contribution < 1.29 is 14.6 Å². The maximum Gasteiger partial charge on any atom is 0.316 e. The van der Waals surface area contributed by atoms with Crippen LogP contribution >= 0.6 is 15.9 Å². The number of carbonyl (C=O) groups is 1. The quantitative estimate of drug-likeness (QED) is 0.262. The van der Waals surface area contributed by atoms with Crippen LogP contribution in [0.1, 0.15) is 98.3 Å². The zero-order chi connectivity index (χ0) is 24.2. The molecule has 0 bridgehead atoms. The maximum atomic E-state index is 11.7. The highest BCUT2D eigenvalue weighted by molar-refractivity contribution is 9.09. The Kier molecular flexibility index (Phi) is 9.11. The fraction of sp³-hybridized carbons (Fsp3) is 0.759. The number of esters is 1. The third-order valence-electron chi connectivity index (χ3n) is 8.75. The zero-order valence-electron chi connectivity index (χ0n) is 21.3. The van der Waals surface area contributed by atoms with Crippen LogP contribution in [0.15, 0.2) is 35.5 Å². The number of rotatable bonds is 8. The van der Waals surface area contributed by atoms with Crippen molar-refractivity contribution in [2.45, 2.75) is 110 Å². The average Bonchev–Trinajstić information content (AvgIpc) is 3.10. The Morgan fingerprint density at radius 3 is 2.76 bits per heavy atom. The van der Waals surface area contributed by atoms with Gasteiger partial charge >= 0.3 is 5.97 Å². The summed E-state index contributed by atoms with van der Waals surface area (Å²) in [6.07, 6.45) is 16.9. The van der Waals surface area contributed by atoms with E-state index in [0.29, 0.717) is 17.3 Å². The van der Waals surface area contributed by atoms with E-state index in [-0.39, 0.29) is 17.4 Å². The molecule has 0 saturated heterocycles. The molecule has 33 heavy (non-hydrogen) atoms. The molecular formula is C29H45BrO3. The minimum Gasteiger partial charge on any atom is -0.461 e. The van der Waals surface area contributed by atoms with Gasteiger partial charge in [0.2, 0.25) is 0 Å². The lowest BCUT2D eigenvalue weighted by Gasteiger charge is -2.44. The number of hydrogen-bond acceptors (Lipinski definition) is 3. The van der Waals surface area contributed by atoms with Gasteiger partial charge < -0.3 is 9.84 Å². The lowest BCUT2D eigenvalue weighted by Crippen LogP contribution is -2.36. The summed E-state index contributed by atoms with van der Waals surface area (Å²) in [6.45, 7) is 13.1. The van der Waals surface area contributed by atoms with Crippen LogP contribution < -0.4 is 0 Å². The number of fused-ring (bicyclic) bond motifs is 1. The molecule has 0 aromatic carbocycles. The predicted molar refractivity (Wildman–Crippen MR) is 140 cm³/mol. The lowest BCUT2D eigenvalue weighted by molar-refractivity contribution is -0.146. The Bertz CT molecular complexity index is 774. The standard InChI is InChI=1S/C29H45BrO3/c1-20-10-13-24(33-27(31)19-30)18-23(20)12-11-22-9-7-17-29(5)25(14-15-26(22)29)21(2)8-6-16-28(3,4)32/h11-12,21,24-26,32H,1,6-10,13-19H2,2-5H3/b22-11+,23-12-/t21-,24+,25-,26+,29-/m1/s1/i27+2. The van der Waals surface area contributed by atoms with Gasteiger partial charge in [0, 0.05) is 6.42 Å². The van der Waals surface area contributed by atoms with E-state index in [9.17, 15) is 9.90 Å². The van der Waals surface area contributed by atoms with Gasteiger partial charge in [-0.05, 0) is 94.0 Å². The van der Waals surface area contributed by atoms with Crippen molar-refractivity contribution in [3.63, 3.8) is 0 Å². The minimum absolute atomic E-state index is 0.0255. The Morgan fingerprint density at radius 2 is 2.06 bits per heavy atom. The van der Waals surface area contributed by atoms with E-state index in [4.69, 9.17) is 4.74 Å². The van der Waals surface area contributed by atoms with Crippen LogP contribution in [0.25, 0.3) is 0 Å². The van der Waals surface area contributed by atoms with E-state index < -0.39 is 5.60 Å². The molecule has 4 heteroatoms. The van der Waals surface area contributed by atoms with Gasteiger partial charge in [-0.3, -0.25) is 4.79 Å². The van der Waals surface area contributed by atoms with Gasteiger partial charge in [0.25, 0.3) is 0 Å². The molecule has 0 aliphatic heterocycles. The topological polar surface area (TPSA) is 46.5 Å². The molecular weight excluding hydrogens is 478 g/mol. The second kappa shape index (κ2) is 11.2. The molecule has 186 valence electrons. The molecule has 3 aliphatic rings. The van der Waals surface area contributed by atoms with E-state index in [2.05, 4.69) is 48.5 Å². The summed E-state index contributed by atoms with van der Waals surface area (Å²) in [5.41, 5.74) is 3.91. The van der Waals surface area contributed by atoms with Crippen molar-refractivity contribution in [1.29, 1.82) is 0 Å². The van der Waals surface area contributed by atoms with Crippen LogP contribution in [0, 0.1) is 23.2 Å². The van der Waals surface area contributed by atoms with Gasteiger partial charge in [-0.2, -0.15) is 0 Å². The van der Waals surface area contributed by atoms with E-state index in [1.807, 2.05) is 13.8 Å². The van der Waals surface area contributed by atoms with Crippen molar-refractivity contribution in [3.05, 3.63) is 35.5 Å². The maximum absolute atomic E-state index is 11.7. The Hall–Kier alpha value is -0.870.